The molecule has 4 aromatic rings. The number of carbonyl (C=O) groups excluding carboxylic acids is 1. The lowest BCUT2D eigenvalue weighted by atomic mass is 10.2. The van der Waals surface area contributed by atoms with E-state index < -0.39 is 0 Å². The van der Waals surface area contributed by atoms with Gasteiger partial charge in [0.2, 0.25) is 11.9 Å². The first-order valence-corrected chi connectivity index (χ1v) is 11.0. The number of anilines is 2. The number of nitrogens with one attached hydrogen (secondary N) is 2. The first-order valence-electron chi connectivity index (χ1n) is 10.3. The first kappa shape index (κ1) is 22.6. The molecule has 8 heteroatoms. The lowest BCUT2D eigenvalue weighted by Crippen LogP contribution is -2.14. The molecular formula is C25H21Cl2N5O. The monoisotopic (exact) mass is 477 g/mol. The highest BCUT2D eigenvalue weighted by molar-refractivity contribution is 6.30. The summed E-state index contributed by atoms with van der Waals surface area (Å²) < 4.78 is 1.24. The standard InChI is InChI=1S/C25H21Cl2N5O/c26-21-10-4-8-19(14-21)16-28-24-30-25(29-17-20-9-5-11-22(27)15-20)32(31-24)23(33)13-12-18-6-2-1-3-7-18/h1-15H,16-17H2,(H2,28,29,30,31). The summed E-state index contributed by atoms with van der Waals surface area (Å²) in [6.45, 7) is 0.898. The fraction of sp³-hybridized carbons (Fsp3) is 0.0800. The molecule has 0 radical (unpaired) electrons. The van der Waals surface area contributed by atoms with Gasteiger partial charge in [0, 0.05) is 29.2 Å². The van der Waals surface area contributed by atoms with Crippen molar-refractivity contribution in [2.45, 2.75) is 13.1 Å². The normalized spacial score (nSPS) is 11.0. The molecule has 0 fully saturated rings. The van der Waals surface area contributed by atoms with E-state index in [9.17, 15) is 4.79 Å². The van der Waals surface area contributed by atoms with Crippen LogP contribution in [0.5, 0.6) is 0 Å². The molecule has 0 aliphatic carbocycles. The van der Waals surface area contributed by atoms with Gasteiger partial charge in [0.15, 0.2) is 0 Å². The topological polar surface area (TPSA) is 71.8 Å². The molecule has 0 aliphatic heterocycles. The molecule has 2 N–H and O–H groups in total. The maximum absolute atomic E-state index is 12.9. The van der Waals surface area contributed by atoms with E-state index in [2.05, 4.69) is 20.7 Å². The van der Waals surface area contributed by atoms with Gasteiger partial charge in [-0.3, -0.25) is 4.79 Å². The largest absolute Gasteiger partial charge is 0.350 e. The van der Waals surface area contributed by atoms with Crippen LogP contribution < -0.4 is 10.6 Å². The van der Waals surface area contributed by atoms with Gasteiger partial charge in [-0.05, 0) is 47.0 Å². The van der Waals surface area contributed by atoms with E-state index >= 15 is 0 Å². The molecule has 1 heterocycles. The van der Waals surface area contributed by atoms with Crippen LogP contribution in [0.4, 0.5) is 11.9 Å². The van der Waals surface area contributed by atoms with Crippen LogP contribution in [0, 0.1) is 0 Å². The fourth-order valence-corrected chi connectivity index (χ4v) is 3.54. The average Bonchev–Trinajstić information content (AvgIpc) is 3.24. The van der Waals surface area contributed by atoms with Crippen molar-refractivity contribution < 1.29 is 4.79 Å². The number of nitrogens with zero attached hydrogens (tertiary/aromatic N) is 3. The summed E-state index contributed by atoms with van der Waals surface area (Å²) in [5, 5.41) is 12.0. The Morgan fingerprint density at radius 2 is 1.48 bits per heavy atom. The van der Waals surface area contributed by atoms with Crippen LogP contribution in [0.3, 0.4) is 0 Å². The van der Waals surface area contributed by atoms with Gasteiger partial charge in [-0.1, -0.05) is 77.8 Å². The number of hydrogen-bond donors (Lipinski definition) is 2. The van der Waals surface area contributed by atoms with E-state index in [0.717, 1.165) is 16.7 Å². The van der Waals surface area contributed by atoms with Gasteiger partial charge in [-0.15, -0.1) is 5.10 Å². The minimum Gasteiger partial charge on any atom is -0.350 e. The van der Waals surface area contributed by atoms with E-state index in [-0.39, 0.29) is 5.91 Å². The number of hydrogen-bond acceptors (Lipinski definition) is 5. The van der Waals surface area contributed by atoms with Crippen molar-refractivity contribution in [3.8, 4) is 0 Å². The van der Waals surface area contributed by atoms with Crippen LogP contribution in [0.1, 0.15) is 21.5 Å². The summed E-state index contributed by atoms with van der Waals surface area (Å²) in [5.41, 5.74) is 2.85. The summed E-state index contributed by atoms with van der Waals surface area (Å²) in [4.78, 5) is 17.4. The number of aromatic nitrogens is 3. The van der Waals surface area contributed by atoms with Crippen LogP contribution in [0.25, 0.3) is 6.08 Å². The van der Waals surface area contributed by atoms with Crippen LogP contribution in [-0.2, 0) is 13.1 Å². The van der Waals surface area contributed by atoms with Crippen molar-refractivity contribution in [3.05, 3.63) is 112 Å². The Balaban J connectivity index is 1.53. The summed E-state index contributed by atoms with van der Waals surface area (Å²) in [6.07, 6.45) is 3.21. The molecule has 166 valence electrons. The predicted molar refractivity (Wildman–Crippen MR) is 134 cm³/mol. The summed E-state index contributed by atoms with van der Waals surface area (Å²) in [7, 11) is 0. The summed E-state index contributed by atoms with van der Waals surface area (Å²) in [6, 6.07) is 24.5. The van der Waals surface area contributed by atoms with Crippen molar-refractivity contribution in [1.29, 1.82) is 0 Å². The van der Waals surface area contributed by atoms with Crippen LogP contribution in [0.15, 0.2) is 84.9 Å². The van der Waals surface area contributed by atoms with Crippen LogP contribution in [0.2, 0.25) is 10.0 Å². The van der Waals surface area contributed by atoms with Gasteiger partial charge < -0.3 is 10.6 Å². The van der Waals surface area contributed by atoms with E-state index in [0.29, 0.717) is 35.0 Å². The average molecular weight is 478 g/mol. The van der Waals surface area contributed by atoms with E-state index in [1.54, 1.807) is 6.08 Å². The number of carbonyl (C=O) groups is 1. The minimum absolute atomic E-state index is 0.323. The Morgan fingerprint density at radius 1 is 0.848 bits per heavy atom. The van der Waals surface area contributed by atoms with Crippen molar-refractivity contribution in [2.75, 3.05) is 10.6 Å². The maximum Gasteiger partial charge on any atom is 0.274 e. The summed E-state index contributed by atoms with van der Waals surface area (Å²) >= 11 is 12.1. The molecule has 3 aromatic carbocycles. The minimum atomic E-state index is -0.323. The highest BCUT2D eigenvalue weighted by atomic mass is 35.5. The SMILES string of the molecule is O=C(C=Cc1ccccc1)n1nc(NCc2cccc(Cl)c2)nc1NCc1cccc(Cl)c1. The Hall–Kier alpha value is -3.61. The molecule has 0 bridgehead atoms. The van der Waals surface area contributed by atoms with Gasteiger partial charge in [-0.2, -0.15) is 9.67 Å². The molecule has 0 amide bonds. The molecule has 6 nitrogen and oxygen atoms in total. The third-order valence-corrected chi connectivity index (χ3v) is 5.18. The van der Waals surface area contributed by atoms with Gasteiger partial charge in [0.1, 0.15) is 0 Å². The third-order valence-electron chi connectivity index (χ3n) is 4.71. The molecule has 0 unspecified atom stereocenters. The molecule has 0 atom stereocenters. The number of halogens is 2. The Bertz CT molecular complexity index is 1270. The molecular weight excluding hydrogens is 457 g/mol. The second-order valence-electron chi connectivity index (χ2n) is 7.22. The van der Waals surface area contributed by atoms with Gasteiger partial charge in [0.05, 0.1) is 0 Å². The number of rotatable bonds is 8. The second-order valence-corrected chi connectivity index (χ2v) is 8.09. The van der Waals surface area contributed by atoms with Crippen molar-refractivity contribution >= 4 is 47.1 Å². The van der Waals surface area contributed by atoms with Crippen molar-refractivity contribution in [2.24, 2.45) is 0 Å². The van der Waals surface area contributed by atoms with Crippen molar-refractivity contribution in [1.82, 2.24) is 14.8 Å². The van der Waals surface area contributed by atoms with Gasteiger partial charge >= 0.3 is 0 Å². The highest BCUT2D eigenvalue weighted by Gasteiger charge is 2.14. The van der Waals surface area contributed by atoms with E-state index in [1.165, 1.54) is 10.8 Å². The smallest absolute Gasteiger partial charge is 0.274 e. The first-order chi connectivity index (χ1) is 16.1. The molecule has 0 saturated carbocycles. The molecule has 1 aromatic heterocycles. The Kier molecular flexibility index (Phi) is 7.40. The molecule has 0 aliphatic rings. The number of benzene rings is 3. The fourth-order valence-electron chi connectivity index (χ4n) is 3.11. The maximum atomic E-state index is 12.9. The molecule has 4 rings (SSSR count). The third kappa shape index (κ3) is 6.44. The predicted octanol–water partition coefficient (Wildman–Crippen LogP) is 6.16. The van der Waals surface area contributed by atoms with Crippen molar-refractivity contribution in [3.63, 3.8) is 0 Å². The zero-order chi connectivity index (χ0) is 23.0. The quantitative estimate of drug-likeness (QED) is 0.297. The van der Waals surface area contributed by atoms with E-state index in [1.807, 2.05) is 78.9 Å². The lowest BCUT2D eigenvalue weighted by molar-refractivity contribution is 0.0957. The zero-order valence-electron chi connectivity index (χ0n) is 17.6. The lowest BCUT2D eigenvalue weighted by Gasteiger charge is -2.06. The number of allylic oxidation sites excluding steroid dienone is 1. The van der Waals surface area contributed by atoms with E-state index in [4.69, 9.17) is 23.2 Å². The Labute approximate surface area is 201 Å². The highest BCUT2D eigenvalue weighted by Crippen LogP contribution is 2.16. The molecule has 0 spiro atoms. The second kappa shape index (κ2) is 10.8. The van der Waals surface area contributed by atoms with Gasteiger partial charge in [-0.25, -0.2) is 0 Å². The van der Waals surface area contributed by atoms with Crippen LogP contribution >= 0.6 is 23.2 Å². The summed E-state index contributed by atoms with van der Waals surface area (Å²) in [5.74, 6) is 0.326. The molecule has 0 saturated heterocycles. The van der Waals surface area contributed by atoms with Crippen LogP contribution in [-0.4, -0.2) is 20.7 Å². The zero-order valence-corrected chi connectivity index (χ0v) is 19.1. The molecule has 33 heavy (non-hydrogen) atoms. The Morgan fingerprint density at radius 3 is 2.12 bits per heavy atom. The van der Waals surface area contributed by atoms with Gasteiger partial charge in [0.25, 0.3) is 5.91 Å².